The van der Waals surface area contributed by atoms with Crippen molar-refractivity contribution in [2.45, 2.75) is 70.3 Å². The Morgan fingerprint density at radius 1 is 1.20 bits per heavy atom. The van der Waals surface area contributed by atoms with Crippen LogP contribution in [0.3, 0.4) is 0 Å². The Kier molecular flexibility index (Phi) is 8.22. The fourth-order valence-corrected chi connectivity index (χ4v) is 4.21. The molecule has 1 aliphatic carbocycles. The van der Waals surface area contributed by atoms with Gasteiger partial charge in [-0.25, -0.2) is 17.9 Å². The fraction of sp³-hybridized carbons (Fsp3) is 0.833. The van der Waals surface area contributed by atoms with Crippen LogP contribution in [-0.2, 0) is 10.0 Å². The van der Waals surface area contributed by atoms with E-state index >= 15 is 0 Å². The average molecular weight is 372 g/mol. The molecule has 1 atom stereocenters. The van der Waals surface area contributed by atoms with E-state index in [-0.39, 0.29) is 12.1 Å². The van der Waals surface area contributed by atoms with Gasteiger partial charge >= 0.3 is 6.03 Å². The van der Waals surface area contributed by atoms with Crippen LogP contribution in [0.15, 0.2) is 11.6 Å². The Morgan fingerprint density at radius 2 is 2.04 bits per heavy atom. The van der Waals surface area contributed by atoms with E-state index in [0.717, 1.165) is 32.2 Å². The number of allylic oxidation sites excluding steroid dienone is 1. The molecular formula is C18H33N3O3S. The largest absolute Gasteiger partial charge is 0.338 e. The van der Waals surface area contributed by atoms with Gasteiger partial charge in [0, 0.05) is 25.7 Å². The Hall–Kier alpha value is -1.08. The van der Waals surface area contributed by atoms with Crippen LogP contribution < -0.4 is 10.0 Å². The van der Waals surface area contributed by atoms with Crippen LogP contribution in [0, 0.1) is 0 Å². The smallest absolute Gasteiger partial charge is 0.317 e. The van der Waals surface area contributed by atoms with E-state index in [0.29, 0.717) is 19.5 Å². The highest BCUT2D eigenvalue weighted by Gasteiger charge is 2.26. The second kappa shape index (κ2) is 10.2. The molecule has 1 fully saturated rings. The molecule has 7 heteroatoms. The van der Waals surface area contributed by atoms with Crippen molar-refractivity contribution in [3.63, 3.8) is 0 Å². The molecule has 0 saturated carbocycles. The highest BCUT2D eigenvalue weighted by atomic mass is 32.2. The Balaban J connectivity index is 1.75. The predicted octanol–water partition coefficient (Wildman–Crippen LogP) is 2.77. The monoisotopic (exact) mass is 371 g/mol. The summed E-state index contributed by atoms with van der Waals surface area (Å²) in [5.41, 5.74) is 1.48. The van der Waals surface area contributed by atoms with Crippen LogP contribution in [0.2, 0.25) is 0 Å². The van der Waals surface area contributed by atoms with Gasteiger partial charge < -0.3 is 10.2 Å². The highest BCUT2D eigenvalue weighted by Crippen LogP contribution is 2.21. The van der Waals surface area contributed by atoms with E-state index in [1.54, 1.807) is 0 Å². The van der Waals surface area contributed by atoms with Crippen molar-refractivity contribution in [3.8, 4) is 0 Å². The van der Waals surface area contributed by atoms with Gasteiger partial charge in [-0.1, -0.05) is 18.1 Å². The third-order valence-electron chi connectivity index (χ3n) is 5.09. The minimum Gasteiger partial charge on any atom is -0.338 e. The summed E-state index contributed by atoms with van der Waals surface area (Å²) in [5, 5.41) is 3.06. The minimum atomic E-state index is -3.17. The molecule has 2 N–H and O–H groups in total. The zero-order valence-electron chi connectivity index (χ0n) is 15.4. The minimum absolute atomic E-state index is 0.00159. The molecule has 1 saturated heterocycles. The second-order valence-electron chi connectivity index (χ2n) is 7.24. The Bertz CT molecular complexity index is 560. The zero-order valence-corrected chi connectivity index (χ0v) is 16.2. The van der Waals surface area contributed by atoms with Crippen LogP contribution in [0.5, 0.6) is 0 Å². The predicted molar refractivity (Wildman–Crippen MR) is 101 cm³/mol. The van der Waals surface area contributed by atoms with Crippen LogP contribution in [0.4, 0.5) is 4.79 Å². The second-order valence-corrected chi connectivity index (χ2v) is 9.07. The molecule has 1 unspecified atom stereocenters. The summed E-state index contributed by atoms with van der Waals surface area (Å²) in [4.78, 5) is 14.4. The first kappa shape index (κ1) is 20.2. The SMILES string of the molecule is CS(=O)(=O)NCCC1CCCCN1C(=O)NCCC1=CCCCCC1. The lowest BCUT2D eigenvalue weighted by Crippen LogP contribution is -2.49. The van der Waals surface area contributed by atoms with Gasteiger partial charge in [-0.05, 0) is 57.8 Å². The number of piperidine rings is 1. The first-order valence-corrected chi connectivity index (χ1v) is 11.5. The molecular weight excluding hydrogens is 338 g/mol. The average Bonchev–Trinajstić information content (AvgIpc) is 2.83. The third kappa shape index (κ3) is 7.77. The van der Waals surface area contributed by atoms with E-state index < -0.39 is 10.0 Å². The Morgan fingerprint density at radius 3 is 2.84 bits per heavy atom. The summed E-state index contributed by atoms with van der Waals surface area (Å²) < 4.78 is 24.9. The van der Waals surface area contributed by atoms with Gasteiger partial charge in [-0.2, -0.15) is 0 Å². The van der Waals surface area contributed by atoms with Crippen molar-refractivity contribution in [2.75, 3.05) is 25.9 Å². The maximum absolute atomic E-state index is 12.5. The molecule has 0 spiro atoms. The lowest BCUT2D eigenvalue weighted by molar-refractivity contribution is 0.147. The topological polar surface area (TPSA) is 78.5 Å². The molecule has 0 radical (unpaired) electrons. The molecule has 2 aliphatic rings. The van der Waals surface area contributed by atoms with Crippen molar-refractivity contribution in [1.82, 2.24) is 14.9 Å². The summed E-state index contributed by atoms with van der Waals surface area (Å²) in [6.45, 7) is 1.84. The van der Waals surface area contributed by atoms with Crippen molar-refractivity contribution in [3.05, 3.63) is 11.6 Å². The van der Waals surface area contributed by atoms with E-state index in [1.165, 1.54) is 43.9 Å². The van der Waals surface area contributed by atoms with Gasteiger partial charge in [0.25, 0.3) is 0 Å². The molecule has 0 aromatic heterocycles. The van der Waals surface area contributed by atoms with Crippen molar-refractivity contribution in [1.29, 1.82) is 0 Å². The van der Waals surface area contributed by atoms with Crippen LogP contribution in [0.25, 0.3) is 0 Å². The summed E-state index contributed by atoms with van der Waals surface area (Å²) in [5.74, 6) is 0. The van der Waals surface area contributed by atoms with Gasteiger partial charge in [0.1, 0.15) is 0 Å². The zero-order chi connectivity index (χ0) is 18.1. The van der Waals surface area contributed by atoms with Crippen molar-refractivity contribution >= 4 is 16.1 Å². The number of nitrogens with zero attached hydrogens (tertiary/aromatic N) is 1. The molecule has 0 aromatic rings. The van der Waals surface area contributed by atoms with Gasteiger partial charge in [-0.15, -0.1) is 0 Å². The fourth-order valence-electron chi connectivity index (χ4n) is 3.72. The molecule has 1 heterocycles. The van der Waals surface area contributed by atoms with Crippen LogP contribution in [0.1, 0.15) is 64.2 Å². The molecule has 0 aromatic carbocycles. The Labute approximate surface area is 152 Å². The van der Waals surface area contributed by atoms with E-state index in [2.05, 4.69) is 16.1 Å². The summed E-state index contributed by atoms with van der Waals surface area (Å²) in [6.07, 6.45) is 14.4. The maximum atomic E-state index is 12.5. The number of nitrogens with one attached hydrogen (secondary N) is 2. The standard InChI is InChI=1S/C18H33N3O3S/c1-25(23,24)20-14-12-17-10-6-7-15-21(17)18(22)19-13-11-16-8-4-2-3-5-9-16/h8,17,20H,2-7,9-15H2,1H3,(H,19,22). The summed E-state index contributed by atoms with van der Waals surface area (Å²) in [6, 6.07) is 0.123. The number of amides is 2. The van der Waals surface area contributed by atoms with Crippen LogP contribution in [-0.4, -0.2) is 51.3 Å². The first-order valence-electron chi connectivity index (χ1n) is 9.63. The molecule has 144 valence electrons. The normalized spacial score (nSPS) is 22.2. The maximum Gasteiger partial charge on any atom is 0.317 e. The van der Waals surface area contributed by atoms with Gasteiger partial charge in [0.05, 0.1) is 6.26 Å². The molecule has 2 rings (SSSR count). The van der Waals surface area contributed by atoms with Crippen LogP contribution >= 0.6 is 0 Å². The van der Waals surface area contributed by atoms with Gasteiger partial charge in [-0.3, -0.25) is 0 Å². The van der Waals surface area contributed by atoms with E-state index in [4.69, 9.17) is 0 Å². The van der Waals surface area contributed by atoms with E-state index in [9.17, 15) is 13.2 Å². The van der Waals surface area contributed by atoms with Gasteiger partial charge in [0.15, 0.2) is 0 Å². The highest BCUT2D eigenvalue weighted by molar-refractivity contribution is 7.88. The number of rotatable bonds is 7. The summed E-state index contributed by atoms with van der Waals surface area (Å²) in [7, 11) is -3.17. The van der Waals surface area contributed by atoms with Gasteiger partial charge in [0.2, 0.25) is 10.0 Å². The summed E-state index contributed by atoms with van der Waals surface area (Å²) >= 11 is 0. The molecule has 6 nitrogen and oxygen atoms in total. The molecule has 0 bridgehead atoms. The first-order chi connectivity index (χ1) is 12.0. The number of carbonyl (C=O) groups excluding carboxylic acids is 1. The third-order valence-corrected chi connectivity index (χ3v) is 5.82. The van der Waals surface area contributed by atoms with E-state index in [1.807, 2.05) is 4.90 Å². The number of hydrogen-bond acceptors (Lipinski definition) is 3. The molecule has 1 aliphatic heterocycles. The van der Waals surface area contributed by atoms with Crippen molar-refractivity contribution in [2.24, 2.45) is 0 Å². The number of urea groups is 1. The lowest BCUT2D eigenvalue weighted by atomic mass is 10.00. The number of carbonyl (C=O) groups is 1. The quantitative estimate of drug-likeness (QED) is 0.676. The molecule has 25 heavy (non-hydrogen) atoms. The molecule has 2 amide bonds. The van der Waals surface area contributed by atoms with Crippen molar-refractivity contribution < 1.29 is 13.2 Å². The number of likely N-dealkylation sites (tertiary alicyclic amines) is 1. The number of hydrogen-bond donors (Lipinski definition) is 2. The lowest BCUT2D eigenvalue weighted by Gasteiger charge is -2.36. The number of sulfonamides is 1.